The molecule has 0 saturated carbocycles. The molecule has 4 rings (SSSR count). The van der Waals surface area contributed by atoms with Crippen LogP contribution in [-0.2, 0) is 18.3 Å². The van der Waals surface area contributed by atoms with Crippen molar-refractivity contribution in [2.45, 2.75) is 20.3 Å². The molecule has 0 radical (unpaired) electrons. The fourth-order valence-corrected chi connectivity index (χ4v) is 4.42. The molecule has 0 bridgehead atoms. The van der Waals surface area contributed by atoms with Gasteiger partial charge < -0.3 is 9.80 Å². The van der Waals surface area contributed by atoms with Crippen molar-refractivity contribution in [2.75, 3.05) is 26.2 Å². The number of nitrogens with zero attached hydrogens (tertiary/aromatic N) is 4. The van der Waals surface area contributed by atoms with Crippen LogP contribution in [0, 0.1) is 12.8 Å². The quantitative estimate of drug-likeness (QED) is 0.622. The summed E-state index contributed by atoms with van der Waals surface area (Å²) in [5.74, 6) is -0.250. The first-order chi connectivity index (χ1) is 15.5. The van der Waals surface area contributed by atoms with Crippen LogP contribution in [0.15, 0.2) is 60.8 Å². The molecule has 1 saturated heterocycles. The van der Waals surface area contributed by atoms with Gasteiger partial charge in [0, 0.05) is 39.4 Å². The van der Waals surface area contributed by atoms with Crippen LogP contribution in [-0.4, -0.2) is 57.6 Å². The van der Waals surface area contributed by atoms with Crippen molar-refractivity contribution < 1.29 is 9.59 Å². The maximum Gasteiger partial charge on any atom is 0.272 e. The second-order valence-corrected chi connectivity index (χ2v) is 8.43. The van der Waals surface area contributed by atoms with Gasteiger partial charge in [-0.1, -0.05) is 54.1 Å². The van der Waals surface area contributed by atoms with E-state index < -0.39 is 0 Å². The van der Waals surface area contributed by atoms with Crippen molar-refractivity contribution in [3.8, 4) is 11.1 Å². The zero-order valence-corrected chi connectivity index (χ0v) is 19.0. The van der Waals surface area contributed by atoms with Crippen LogP contribution in [0.2, 0.25) is 0 Å². The Labute approximate surface area is 189 Å². The molecule has 166 valence electrons. The first-order valence-electron chi connectivity index (χ1n) is 11.2. The molecule has 1 atom stereocenters. The van der Waals surface area contributed by atoms with Crippen molar-refractivity contribution >= 4 is 11.8 Å². The summed E-state index contributed by atoms with van der Waals surface area (Å²) in [6.45, 7) is 6.19. The molecule has 2 amide bonds. The Morgan fingerprint density at radius 2 is 1.81 bits per heavy atom. The summed E-state index contributed by atoms with van der Waals surface area (Å²) in [5.41, 5.74) is 5.16. The SMILES string of the molecule is CCN1CCN(C(=O)c2ccnn2C)C[C@H](Cc2ccccc2-c2ccc(C)cc2)C1=O. The molecule has 0 spiro atoms. The van der Waals surface area contributed by atoms with Gasteiger partial charge in [-0.25, -0.2) is 0 Å². The molecule has 2 aromatic carbocycles. The molecule has 1 aliphatic rings. The van der Waals surface area contributed by atoms with Crippen molar-refractivity contribution in [1.29, 1.82) is 0 Å². The molecule has 0 N–H and O–H groups in total. The van der Waals surface area contributed by atoms with Crippen LogP contribution in [0.1, 0.15) is 28.5 Å². The second-order valence-electron chi connectivity index (χ2n) is 8.43. The van der Waals surface area contributed by atoms with E-state index in [4.69, 9.17) is 0 Å². The third kappa shape index (κ3) is 4.44. The van der Waals surface area contributed by atoms with E-state index >= 15 is 0 Å². The van der Waals surface area contributed by atoms with Gasteiger partial charge in [-0.15, -0.1) is 0 Å². The number of aromatic nitrogens is 2. The molecular weight excluding hydrogens is 400 g/mol. The maximum absolute atomic E-state index is 13.4. The summed E-state index contributed by atoms with van der Waals surface area (Å²) in [6, 6.07) is 18.4. The number of likely N-dealkylation sites (N-methyl/N-ethyl adjacent to an activating group) is 1. The van der Waals surface area contributed by atoms with Gasteiger partial charge >= 0.3 is 0 Å². The van der Waals surface area contributed by atoms with Crippen LogP contribution in [0.3, 0.4) is 0 Å². The Bertz CT molecular complexity index is 1100. The monoisotopic (exact) mass is 430 g/mol. The van der Waals surface area contributed by atoms with Gasteiger partial charge in [0.25, 0.3) is 5.91 Å². The molecule has 1 fully saturated rings. The molecule has 3 aromatic rings. The topological polar surface area (TPSA) is 58.4 Å². The van der Waals surface area contributed by atoms with E-state index in [9.17, 15) is 9.59 Å². The summed E-state index contributed by atoms with van der Waals surface area (Å²) in [5, 5.41) is 4.13. The molecule has 0 unspecified atom stereocenters. The molecule has 6 nitrogen and oxygen atoms in total. The van der Waals surface area contributed by atoms with Crippen molar-refractivity contribution in [3.63, 3.8) is 0 Å². The van der Waals surface area contributed by atoms with Crippen molar-refractivity contribution in [2.24, 2.45) is 13.0 Å². The standard InChI is InChI=1S/C26H30N4O2/c1-4-29-15-16-30(26(32)24-13-14-27-28(24)3)18-22(25(29)31)17-21-7-5-6-8-23(21)20-11-9-19(2)10-12-20/h5-14,22H,4,15-18H2,1-3H3/t22-/m0/s1. The zero-order chi connectivity index (χ0) is 22.7. The van der Waals surface area contributed by atoms with E-state index in [2.05, 4.69) is 48.4 Å². The van der Waals surface area contributed by atoms with Crippen LogP contribution in [0.4, 0.5) is 0 Å². The lowest BCUT2D eigenvalue weighted by Gasteiger charge is -2.24. The zero-order valence-electron chi connectivity index (χ0n) is 19.0. The van der Waals surface area contributed by atoms with Gasteiger partial charge in [0.05, 0.1) is 5.92 Å². The Balaban J connectivity index is 1.64. The fourth-order valence-electron chi connectivity index (χ4n) is 4.42. The number of carbonyl (C=O) groups excluding carboxylic acids is 2. The highest BCUT2D eigenvalue weighted by atomic mass is 16.2. The summed E-state index contributed by atoms with van der Waals surface area (Å²) < 4.78 is 1.59. The summed E-state index contributed by atoms with van der Waals surface area (Å²) in [7, 11) is 1.77. The maximum atomic E-state index is 13.4. The van der Waals surface area contributed by atoms with Crippen molar-refractivity contribution in [3.05, 3.63) is 77.6 Å². The Hall–Kier alpha value is -3.41. The van der Waals surface area contributed by atoms with Gasteiger partial charge in [0.15, 0.2) is 0 Å². The van der Waals surface area contributed by atoms with Crippen LogP contribution in [0.25, 0.3) is 11.1 Å². The second kappa shape index (κ2) is 9.39. The lowest BCUT2D eigenvalue weighted by molar-refractivity contribution is -0.134. The van der Waals surface area contributed by atoms with Gasteiger partial charge in [-0.3, -0.25) is 14.3 Å². The minimum atomic E-state index is -0.291. The Kier molecular flexibility index (Phi) is 6.40. The highest BCUT2D eigenvalue weighted by Crippen LogP contribution is 2.28. The van der Waals surface area contributed by atoms with E-state index in [0.29, 0.717) is 38.3 Å². The minimum absolute atomic E-state index is 0.0763. The average Bonchev–Trinajstić information content (AvgIpc) is 3.17. The lowest BCUT2D eigenvalue weighted by atomic mass is 9.91. The predicted molar refractivity (Wildman–Crippen MR) is 125 cm³/mol. The van der Waals surface area contributed by atoms with Gasteiger partial charge in [-0.05, 0) is 43.0 Å². The Morgan fingerprint density at radius 1 is 1.06 bits per heavy atom. The normalized spacial score (nSPS) is 16.8. The highest BCUT2D eigenvalue weighted by molar-refractivity contribution is 5.93. The number of aryl methyl sites for hydroxylation is 2. The third-order valence-corrected chi connectivity index (χ3v) is 6.30. The number of amides is 2. The minimum Gasteiger partial charge on any atom is -0.341 e. The van der Waals surface area contributed by atoms with Gasteiger partial charge in [-0.2, -0.15) is 5.10 Å². The number of hydrogen-bond acceptors (Lipinski definition) is 3. The largest absolute Gasteiger partial charge is 0.341 e. The van der Waals surface area contributed by atoms with Gasteiger partial charge in [0.2, 0.25) is 5.91 Å². The third-order valence-electron chi connectivity index (χ3n) is 6.30. The fraction of sp³-hybridized carbons (Fsp3) is 0.346. The average molecular weight is 431 g/mol. The number of benzene rings is 2. The lowest BCUT2D eigenvalue weighted by Crippen LogP contribution is -2.38. The van der Waals surface area contributed by atoms with Crippen molar-refractivity contribution in [1.82, 2.24) is 19.6 Å². The number of rotatable bonds is 5. The van der Waals surface area contributed by atoms with E-state index in [0.717, 1.165) is 16.7 Å². The highest BCUT2D eigenvalue weighted by Gasteiger charge is 2.33. The first-order valence-corrected chi connectivity index (χ1v) is 11.2. The first kappa shape index (κ1) is 21.8. The summed E-state index contributed by atoms with van der Waals surface area (Å²) >= 11 is 0. The molecule has 6 heteroatoms. The molecule has 1 aromatic heterocycles. The van der Waals surface area contributed by atoms with E-state index in [-0.39, 0.29) is 17.7 Å². The molecule has 1 aliphatic heterocycles. The summed E-state index contributed by atoms with van der Waals surface area (Å²) in [6.07, 6.45) is 2.22. The van der Waals surface area contributed by atoms with Crippen LogP contribution >= 0.6 is 0 Å². The Morgan fingerprint density at radius 3 is 2.50 bits per heavy atom. The number of carbonyl (C=O) groups is 2. The van der Waals surface area contributed by atoms with Crippen LogP contribution in [0.5, 0.6) is 0 Å². The van der Waals surface area contributed by atoms with E-state index in [1.54, 1.807) is 24.0 Å². The predicted octanol–water partition coefficient (Wildman–Crippen LogP) is 3.56. The molecule has 0 aliphatic carbocycles. The van der Waals surface area contributed by atoms with E-state index in [1.165, 1.54) is 5.56 Å². The molecule has 32 heavy (non-hydrogen) atoms. The van der Waals surface area contributed by atoms with Gasteiger partial charge in [0.1, 0.15) is 5.69 Å². The molecular formula is C26H30N4O2. The van der Waals surface area contributed by atoms with Crippen LogP contribution < -0.4 is 0 Å². The number of hydrogen-bond donors (Lipinski definition) is 0. The van der Waals surface area contributed by atoms with E-state index in [1.807, 2.05) is 28.9 Å². The molecule has 2 heterocycles. The summed E-state index contributed by atoms with van der Waals surface area (Å²) in [4.78, 5) is 30.2. The smallest absolute Gasteiger partial charge is 0.272 e.